The maximum atomic E-state index is 14.4. The first-order valence-corrected chi connectivity index (χ1v) is 15.1. The van der Waals surface area contributed by atoms with Crippen LogP contribution in [0.25, 0.3) is 44.2 Å². The third-order valence-electron chi connectivity index (χ3n) is 8.66. The van der Waals surface area contributed by atoms with Gasteiger partial charge in [-0.15, -0.1) is 0 Å². The van der Waals surface area contributed by atoms with E-state index in [1.165, 1.54) is 0 Å². The van der Waals surface area contributed by atoms with Crippen molar-refractivity contribution in [1.29, 1.82) is 0 Å². The Morgan fingerprint density at radius 1 is 0.468 bits per heavy atom. The summed E-state index contributed by atoms with van der Waals surface area (Å²) in [6, 6.07) is 37.5. The Morgan fingerprint density at radius 2 is 0.915 bits per heavy atom. The molecule has 0 N–H and O–H groups in total. The minimum atomic E-state index is -0.688. The molecule has 6 heteroatoms. The third kappa shape index (κ3) is 4.50. The summed E-state index contributed by atoms with van der Waals surface area (Å²) in [5, 5.41) is 4.52. The van der Waals surface area contributed by atoms with E-state index >= 15 is 0 Å². The standard InChI is InChI=1S/C41H24O6/c1-23-20-21-29-33(22-23)39(47-41(45)32-19-9-13-25-11-3-5-15-27(25)32)37(43)34-28-16-6-7-17-30(28)38(36(42)35(29)34)46-40(44)31-18-8-12-24-10-2-4-14-26(24)31/h2-22H,1H3. The molecular weight excluding hydrogens is 588 g/mol. The van der Waals surface area contributed by atoms with E-state index in [0.717, 1.165) is 16.3 Å². The molecule has 0 saturated carbocycles. The summed E-state index contributed by atoms with van der Waals surface area (Å²) in [6.07, 6.45) is 0. The van der Waals surface area contributed by atoms with Gasteiger partial charge in [-0.25, -0.2) is 9.59 Å². The van der Waals surface area contributed by atoms with Crippen LogP contribution in [0.3, 0.4) is 0 Å². The molecule has 2 aliphatic carbocycles. The van der Waals surface area contributed by atoms with Gasteiger partial charge in [-0.1, -0.05) is 115 Å². The number of hydrogen-bond donors (Lipinski definition) is 0. The normalized spacial score (nSPS) is 13.7. The van der Waals surface area contributed by atoms with E-state index in [9.17, 15) is 19.2 Å². The quantitative estimate of drug-likeness (QED) is 0.275. The van der Waals surface area contributed by atoms with Gasteiger partial charge in [0.25, 0.3) is 0 Å². The van der Waals surface area contributed by atoms with E-state index in [4.69, 9.17) is 9.47 Å². The van der Waals surface area contributed by atoms with Crippen LogP contribution in [0.1, 0.15) is 26.3 Å². The van der Waals surface area contributed by atoms with Crippen molar-refractivity contribution in [2.45, 2.75) is 6.92 Å². The van der Waals surface area contributed by atoms with Gasteiger partial charge >= 0.3 is 11.9 Å². The molecule has 6 aromatic carbocycles. The first-order chi connectivity index (χ1) is 22.9. The van der Waals surface area contributed by atoms with Crippen molar-refractivity contribution < 1.29 is 28.7 Å². The average molecular weight is 613 g/mol. The van der Waals surface area contributed by atoms with Gasteiger partial charge < -0.3 is 9.47 Å². The van der Waals surface area contributed by atoms with Crippen LogP contribution in [0.5, 0.6) is 0 Å². The zero-order valence-electron chi connectivity index (χ0n) is 25.1. The highest BCUT2D eigenvalue weighted by molar-refractivity contribution is 6.58. The second-order valence-corrected chi connectivity index (χ2v) is 11.5. The minimum absolute atomic E-state index is 0.0904. The molecule has 0 heterocycles. The molecule has 47 heavy (non-hydrogen) atoms. The van der Waals surface area contributed by atoms with Gasteiger partial charge in [0.15, 0.2) is 11.5 Å². The molecule has 0 aromatic heterocycles. The lowest BCUT2D eigenvalue weighted by Gasteiger charge is -2.23. The summed E-state index contributed by atoms with van der Waals surface area (Å²) < 4.78 is 11.9. The number of hydrogen-bond acceptors (Lipinski definition) is 6. The second kappa shape index (κ2) is 10.9. The maximum absolute atomic E-state index is 14.4. The molecule has 0 amide bonds. The molecule has 6 aromatic rings. The van der Waals surface area contributed by atoms with Crippen LogP contribution in [-0.4, -0.2) is 23.5 Å². The molecule has 0 bridgehead atoms. The Kier molecular flexibility index (Phi) is 6.51. The number of rotatable bonds is 4. The highest BCUT2D eigenvalue weighted by Crippen LogP contribution is 2.28. The molecule has 0 radical (unpaired) electrons. The smallest absolute Gasteiger partial charge is 0.344 e. The molecule has 0 spiro atoms. The first-order valence-electron chi connectivity index (χ1n) is 15.1. The maximum Gasteiger partial charge on any atom is 0.344 e. The van der Waals surface area contributed by atoms with Gasteiger partial charge in [0.2, 0.25) is 11.6 Å². The lowest BCUT2D eigenvalue weighted by atomic mass is 9.83. The molecule has 0 unspecified atom stereocenters. The lowest BCUT2D eigenvalue weighted by molar-refractivity contribution is -0.112. The van der Waals surface area contributed by atoms with Crippen LogP contribution in [0.2, 0.25) is 0 Å². The molecule has 0 saturated heterocycles. The summed E-state index contributed by atoms with van der Waals surface area (Å²) >= 11 is 0. The van der Waals surface area contributed by atoms with E-state index in [1.807, 2.05) is 73.7 Å². The molecule has 6 nitrogen and oxygen atoms in total. The highest BCUT2D eigenvalue weighted by Gasteiger charge is 2.37. The van der Waals surface area contributed by atoms with Crippen LogP contribution in [-0.2, 0) is 19.1 Å². The number of benzene rings is 6. The van der Waals surface area contributed by atoms with Crippen LogP contribution < -0.4 is 20.9 Å². The molecule has 0 atom stereocenters. The van der Waals surface area contributed by atoms with E-state index < -0.39 is 23.5 Å². The van der Waals surface area contributed by atoms with E-state index in [-0.39, 0.29) is 22.7 Å². The fourth-order valence-corrected chi connectivity index (χ4v) is 6.48. The van der Waals surface area contributed by atoms with Crippen molar-refractivity contribution in [3.63, 3.8) is 0 Å². The molecular formula is C41H24O6. The summed E-state index contributed by atoms with van der Waals surface area (Å²) in [4.78, 5) is 56.2. The monoisotopic (exact) mass is 612 g/mol. The number of fused-ring (bicyclic) bond motifs is 5. The van der Waals surface area contributed by atoms with E-state index in [2.05, 4.69) is 0 Å². The fourth-order valence-electron chi connectivity index (χ4n) is 6.48. The number of ether oxygens (including phenoxy) is 2. The van der Waals surface area contributed by atoms with Crippen LogP contribution in [0.15, 0.2) is 127 Å². The predicted molar refractivity (Wildman–Crippen MR) is 178 cm³/mol. The van der Waals surface area contributed by atoms with Crippen LogP contribution in [0, 0.1) is 6.92 Å². The van der Waals surface area contributed by atoms with Gasteiger partial charge in [-0.3, -0.25) is 9.59 Å². The molecule has 224 valence electrons. The Bertz CT molecular complexity index is 2650. The van der Waals surface area contributed by atoms with Crippen molar-refractivity contribution in [2.24, 2.45) is 0 Å². The SMILES string of the molecule is Cc1ccc2c(c1)=C(OC(=O)c1cccc3ccccc13)C(=O)C1=c3ccccc3=C(OC(=O)c3cccc4ccccc34)C(=O)C=21. The van der Waals surface area contributed by atoms with Crippen molar-refractivity contribution in [1.82, 2.24) is 0 Å². The van der Waals surface area contributed by atoms with Crippen molar-refractivity contribution in [3.8, 4) is 0 Å². The van der Waals surface area contributed by atoms with Gasteiger partial charge in [0.1, 0.15) is 0 Å². The Labute approximate surface area is 267 Å². The summed E-state index contributed by atoms with van der Waals surface area (Å²) in [5.74, 6) is -2.93. The van der Waals surface area contributed by atoms with Crippen LogP contribution >= 0.6 is 0 Å². The van der Waals surface area contributed by atoms with E-state index in [1.54, 1.807) is 60.7 Å². The first kappa shape index (κ1) is 28.1. The minimum Gasteiger partial charge on any atom is -0.418 e. The Hall–Kier alpha value is -6.40. The fraction of sp³-hybridized carbons (Fsp3) is 0.0244. The number of carbonyl (C=O) groups is 4. The number of esters is 2. The highest BCUT2D eigenvalue weighted by atomic mass is 16.5. The second-order valence-electron chi connectivity index (χ2n) is 11.5. The molecule has 0 aliphatic heterocycles. The molecule has 8 rings (SSSR count). The zero-order valence-corrected chi connectivity index (χ0v) is 25.1. The van der Waals surface area contributed by atoms with Crippen molar-refractivity contribution >= 4 is 67.7 Å². The van der Waals surface area contributed by atoms with Gasteiger partial charge in [-0.2, -0.15) is 0 Å². The van der Waals surface area contributed by atoms with Crippen LogP contribution in [0.4, 0.5) is 0 Å². The predicted octanol–water partition coefficient (Wildman–Crippen LogP) is 4.40. The zero-order chi connectivity index (χ0) is 32.2. The van der Waals surface area contributed by atoms with Gasteiger partial charge in [-0.05, 0) is 57.1 Å². The number of aryl methyl sites for hydroxylation is 1. The lowest BCUT2D eigenvalue weighted by Crippen LogP contribution is -2.47. The number of carbonyl (C=O) groups excluding carboxylic acids is 4. The average Bonchev–Trinajstić information content (AvgIpc) is 3.10. The largest absolute Gasteiger partial charge is 0.418 e. The topological polar surface area (TPSA) is 86.7 Å². The molecule has 0 fully saturated rings. The van der Waals surface area contributed by atoms with E-state index in [0.29, 0.717) is 42.8 Å². The third-order valence-corrected chi connectivity index (χ3v) is 8.66. The molecule has 2 aliphatic rings. The summed E-state index contributed by atoms with van der Waals surface area (Å²) in [7, 11) is 0. The summed E-state index contributed by atoms with van der Waals surface area (Å²) in [5.41, 5.74) is 1.61. The van der Waals surface area contributed by atoms with Crippen molar-refractivity contribution in [2.75, 3.05) is 0 Å². The summed E-state index contributed by atoms with van der Waals surface area (Å²) in [6.45, 7) is 1.85. The number of Topliss-reactive ketones (excluding diaryl/α,β-unsaturated/α-hetero) is 2. The Balaban J connectivity index is 1.32. The van der Waals surface area contributed by atoms with Gasteiger partial charge in [0.05, 0.1) is 11.1 Å². The number of ketones is 2. The Morgan fingerprint density at radius 3 is 1.49 bits per heavy atom. The van der Waals surface area contributed by atoms with Crippen molar-refractivity contribution in [3.05, 3.63) is 165 Å². The van der Waals surface area contributed by atoms with Gasteiger partial charge in [0, 0.05) is 21.6 Å².